The highest BCUT2D eigenvalue weighted by molar-refractivity contribution is 8.85. The van der Waals surface area contributed by atoms with E-state index in [1.807, 2.05) is 0 Å². The fourth-order valence-corrected chi connectivity index (χ4v) is 4.13. The summed E-state index contributed by atoms with van der Waals surface area (Å²) in [6.07, 6.45) is 0. The van der Waals surface area contributed by atoms with Crippen molar-refractivity contribution in [1.29, 1.82) is 0 Å². The molecule has 0 radical (unpaired) electrons. The highest BCUT2D eigenvalue weighted by atomic mass is 33.2. The molecule has 0 aromatic heterocycles. The summed E-state index contributed by atoms with van der Waals surface area (Å²) < 4.78 is 0. The van der Waals surface area contributed by atoms with Gasteiger partial charge in [-0.3, -0.25) is 0 Å². The Kier molecular flexibility index (Phi) is 6.89. The molecule has 5 heavy (non-hydrogen) atoms. The predicted octanol–water partition coefficient (Wildman–Crippen LogP) is 1.83. The number of rotatable bonds is 2. The van der Waals surface area contributed by atoms with Gasteiger partial charge in [-0.25, -0.2) is 0 Å². The minimum atomic E-state index is 0.566. The van der Waals surface area contributed by atoms with Crippen LogP contribution in [0.4, 0.5) is 0 Å². The van der Waals surface area contributed by atoms with Gasteiger partial charge in [-0.05, 0) is 0 Å². The zero-order chi connectivity index (χ0) is 4.12. The molecule has 0 nitrogen and oxygen atoms in total. The van der Waals surface area contributed by atoms with Crippen molar-refractivity contribution in [2.45, 2.75) is 0 Å². The summed E-state index contributed by atoms with van der Waals surface area (Å²) in [6.45, 7) is 1.13. The summed E-state index contributed by atoms with van der Waals surface area (Å²) in [5, 5.41) is 0. The van der Waals surface area contributed by atoms with Gasteiger partial charge < -0.3 is 0 Å². The molecule has 0 atom stereocenters. The fraction of sp³-hybridized carbons (Fsp3) is 0. The second kappa shape index (κ2) is 5.39. The molecule has 0 unspecified atom stereocenters. The third-order valence-corrected chi connectivity index (χ3v) is 6.75. The Morgan fingerprint density at radius 1 is 1.20 bits per heavy atom. The van der Waals surface area contributed by atoms with Gasteiger partial charge in [0, 0.05) is 0 Å². The van der Waals surface area contributed by atoms with Gasteiger partial charge in [0.15, 0.2) is 23.6 Å². The van der Waals surface area contributed by atoms with Crippen LogP contribution in [0.1, 0.15) is 0 Å². The van der Waals surface area contributed by atoms with Crippen LogP contribution in [0.25, 0.3) is 0 Å². The van der Waals surface area contributed by atoms with Gasteiger partial charge in [0.05, 0.1) is 0 Å². The summed E-state index contributed by atoms with van der Waals surface area (Å²) >= 11 is 10.8. The van der Waals surface area contributed by atoms with Crippen molar-refractivity contribution in [2.75, 3.05) is 0 Å². The van der Waals surface area contributed by atoms with Gasteiger partial charge in [-0.2, -0.15) is 0 Å². The summed E-state index contributed by atoms with van der Waals surface area (Å²) in [4.78, 5) is 0. The smallest absolute Gasteiger partial charge is 0.176 e. The molecule has 28 valence electrons. The molecule has 0 heterocycles. The van der Waals surface area contributed by atoms with Crippen molar-refractivity contribution in [1.82, 2.24) is 0 Å². The molecule has 0 saturated heterocycles. The SMILES string of the molecule is S=[PH+]S[PH+]=S. The molecular weight excluding hydrogens is 158 g/mol. The molecule has 0 aromatic rings. The molecule has 0 aliphatic carbocycles. The van der Waals surface area contributed by atoms with Crippen LogP contribution in [0.2, 0.25) is 0 Å². The van der Waals surface area contributed by atoms with Crippen molar-refractivity contribution in [2.24, 2.45) is 0 Å². The average molecular weight is 160 g/mol. The Labute approximate surface area is 47.9 Å². The van der Waals surface area contributed by atoms with Crippen LogP contribution in [0, 0.1) is 0 Å². The monoisotopic (exact) mass is 160 g/mol. The molecule has 0 aliphatic heterocycles. The van der Waals surface area contributed by atoms with E-state index in [0.29, 0.717) is 13.1 Å². The van der Waals surface area contributed by atoms with E-state index < -0.39 is 0 Å². The molecule has 0 saturated carbocycles. The van der Waals surface area contributed by atoms with Crippen LogP contribution in [0.3, 0.4) is 0 Å². The molecule has 0 rings (SSSR count). The largest absolute Gasteiger partial charge is 0.338 e. The van der Waals surface area contributed by atoms with Crippen molar-refractivity contribution >= 4 is 47.7 Å². The maximum Gasteiger partial charge on any atom is 0.338 e. The molecule has 0 aliphatic rings. The van der Waals surface area contributed by atoms with E-state index in [4.69, 9.17) is 0 Å². The first-order valence-corrected chi connectivity index (χ1v) is 7.35. The summed E-state index contributed by atoms with van der Waals surface area (Å²) in [5.41, 5.74) is 0. The van der Waals surface area contributed by atoms with E-state index in [-0.39, 0.29) is 0 Å². The third kappa shape index (κ3) is 5.39. The van der Waals surface area contributed by atoms with Crippen molar-refractivity contribution in [3.05, 3.63) is 0 Å². The molecule has 0 amide bonds. The Morgan fingerprint density at radius 2 is 1.60 bits per heavy atom. The van der Waals surface area contributed by atoms with E-state index in [9.17, 15) is 0 Å². The van der Waals surface area contributed by atoms with E-state index in [1.54, 1.807) is 11.0 Å². The zero-order valence-electron chi connectivity index (χ0n) is 2.22. The summed E-state index contributed by atoms with van der Waals surface area (Å²) in [7, 11) is 0. The molecular formula is H2P2S3+2. The normalized spacial score (nSPS) is 9.60. The second-order valence-electron chi connectivity index (χ2n) is 0.269. The Balaban J connectivity index is 2.65. The van der Waals surface area contributed by atoms with E-state index >= 15 is 0 Å². The minimum Gasteiger partial charge on any atom is 0.176 e. The molecule has 5 heteroatoms. The lowest BCUT2D eigenvalue weighted by molar-refractivity contribution is 5.62. The van der Waals surface area contributed by atoms with Gasteiger partial charge in [0.25, 0.3) is 13.1 Å². The first-order chi connectivity index (χ1) is 2.41. The van der Waals surface area contributed by atoms with E-state index in [0.717, 1.165) is 0 Å². The van der Waals surface area contributed by atoms with Crippen LogP contribution in [0.15, 0.2) is 0 Å². The van der Waals surface area contributed by atoms with Crippen molar-refractivity contribution in [3.8, 4) is 0 Å². The minimum absolute atomic E-state index is 0.566. The molecule has 0 fully saturated rings. The van der Waals surface area contributed by atoms with Gasteiger partial charge >= 0.3 is 11.0 Å². The lowest BCUT2D eigenvalue weighted by Gasteiger charge is -1.29. The average Bonchev–Trinajstić information content (AvgIpc) is 1.41. The standard InChI is InChI=1S/P2S3/c3-1-5-2-4/p+2. The number of hydrogen-bond acceptors (Lipinski definition) is 3. The fourth-order valence-electron chi connectivity index (χ4n) is 0.0170. The third-order valence-electron chi connectivity index (χ3n) is 0.0833. The highest BCUT2D eigenvalue weighted by Gasteiger charge is 1.88. The van der Waals surface area contributed by atoms with Crippen molar-refractivity contribution in [3.63, 3.8) is 0 Å². The van der Waals surface area contributed by atoms with E-state index in [1.165, 1.54) is 0 Å². The van der Waals surface area contributed by atoms with Crippen LogP contribution >= 0.6 is 24.1 Å². The second-order valence-corrected chi connectivity index (χ2v) is 7.26. The van der Waals surface area contributed by atoms with E-state index in [2.05, 4.69) is 23.6 Å². The Morgan fingerprint density at radius 3 is 1.60 bits per heavy atom. The zero-order valence-corrected chi connectivity index (χ0v) is 6.67. The van der Waals surface area contributed by atoms with Crippen LogP contribution < -0.4 is 0 Å². The molecule has 0 N–H and O–H groups in total. The quantitative estimate of drug-likeness (QED) is 0.565. The molecule has 0 bridgehead atoms. The number of hydrogen-bond donors (Lipinski definition) is 0. The maximum atomic E-state index is 4.58. The summed E-state index contributed by atoms with van der Waals surface area (Å²) in [6, 6.07) is 0. The highest BCUT2D eigenvalue weighted by Crippen LogP contribution is 2.30. The summed E-state index contributed by atoms with van der Waals surface area (Å²) in [5.74, 6) is 0. The predicted molar refractivity (Wildman–Crippen MR) is 39.0 cm³/mol. The molecule has 0 spiro atoms. The Bertz CT molecular complexity index is 34.2. The maximum absolute atomic E-state index is 4.58. The topological polar surface area (TPSA) is 0 Å². The lowest BCUT2D eigenvalue weighted by Crippen LogP contribution is -0.936. The van der Waals surface area contributed by atoms with Crippen LogP contribution in [-0.2, 0) is 23.6 Å². The van der Waals surface area contributed by atoms with Crippen LogP contribution in [-0.4, -0.2) is 0 Å². The van der Waals surface area contributed by atoms with Gasteiger partial charge in [-0.1, -0.05) is 0 Å². The van der Waals surface area contributed by atoms with Gasteiger partial charge in [-0.15, -0.1) is 0 Å². The first-order valence-electron chi connectivity index (χ1n) is 0.816. The van der Waals surface area contributed by atoms with Gasteiger partial charge in [0.2, 0.25) is 0 Å². The van der Waals surface area contributed by atoms with Crippen molar-refractivity contribution < 1.29 is 0 Å². The molecule has 0 aromatic carbocycles. The van der Waals surface area contributed by atoms with Crippen LogP contribution in [0.5, 0.6) is 0 Å². The first kappa shape index (κ1) is 6.39. The lowest BCUT2D eigenvalue weighted by atomic mass is 29.8. The van der Waals surface area contributed by atoms with Gasteiger partial charge in [0.1, 0.15) is 0 Å². The Hall–Kier alpha value is 1.39.